The van der Waals surface area contributed by atoms with Gasteiger partial charge in [-0.2, -0.15) is 14.9 Å². The molecule has 0 spiro atoms. The molecule has 0 atom stereocenters. The van der Waals surface area contributed by atoms with E-state index in [1.807, 2.05) is 13.0 Å². The van der Waals surface area contributed by atoms with Crippen molar-refractivity contribution in [1.29, 1.82) is 0 Å². The summed E-state index contributed by atoms with van der Waals surface area (Å²) in [6.45, 7) is 7.79. The highest BCUT2D eigenvalue weighted by Crippen LogP contribution is 2.38. The van der Waals surface area contributed by atoms with Gasteiger partial charge in [0.2, 0.25) is 5.88 Å². The Morgan fingerprint density at radius 2 is 1.68 bits per heavy atom. The fourth-order valence-electron chi connectivity index (χ4n) is 5.20. The first-order valence-electron chi connectivity index (χ1n) is 15.5. The van der Waals surface area contributed by atoms with Crippen molar-refractivity contribution in [2.45, 2.75) is 39.8 Å². The molecule has 0 aliphatic carbocycles. The van der Waals surface area contributed by atoms with Crippen LogP contribution in [0.15, 0.2) is 90.1 Å². The van der Waals surface area contributed by atoms with Gasteiger partial charge in [-0.15, -0.1) is 0 Å². The highest BCUT2D eigenvalue weighted by Gasteiger charge is 2.22. The molecule has 14 heteroatoms. The normalized spacial score (nSPS) is 11.4. The van der Waals surface area contributed by atoms with Crippen LogP contribution in [0.5, 0.6) is 17.4 Å². The zero-order valence-electron chi connectivity index (χ0n) is 27.7. The third kappa shape index (κ3) is 6.81. The molecule has 3 aromatic carbocycles. The Bertz CT molecular complexity index is 2300. The van der Waals surface area contributed by atoms with E-state index in [9.17, 15) is 18.8 Å². The van der Waals surface area contributed by atoms with Crippen molar-refractivity contribution in [2.75, 3.05) is 12.4 Å². The number of ether oxygens (including phenoxy) is 3. The summed E-state index contributed by atoms with van der Waals surface area (Å²) in [5.41, 5.74) is 0.435. The SMILES string of the molecule is CCn1ncc2cc(Oc3ccc(NC(=O)c4ccc(OC)n(-c5ccc(F)cc5)c4=O)cc3F)c(-c3cnn(C(=O)OC(C)(C)C)c3)cc21. The Balaban J connectivity index is 1.29. The summed E-state index contributed by atoms with van der Waals surface area (Å²) in [7, 11) is 1.36. The molecule has 0 aliphatic heterocycles. The fourth-order valence-corrected chi connectivity index (χ4v) is 5.20. The number of benzene rings is 3. The van der Waals surface area contributed by atoms with E-state index in [-0.39, 0.29) is 34.3 Å². The predicted octanol–water partition coefficient (Wildman–Crippen LogP) is 7.19. The lowest BCUT2D eigenvalue weighted by Gasteiger charge is -2.18. The minimum absolute atomic E-state index is 0.0573. The first-order chi connectivity index (χ1) is 23.8. The second-order valence-corrected chi connectivity index (χ2v) is 12.1. The number of halogens is 2. The standard InChI is InChI=1S/C36H32F2N6O6/c1-6-42-29-17-27(22-19-40-43(20-22)35(47)50-36(2,3)4)31(15-21(29)18-39-42)49-30-13-9-24(16-28(30)38)41-33(45)26-12-14-32(48-5)44(34(26)46)25-10-7-23(37)8-11-25/h7-20H,6H2,1-5H3,(H,41,45). The third-order valence-corrected chi connectivity index (χ3v) is 7.51. The van der Waals surface area contributed by atoms with Gasteiger partial charge in [-0.05, 0) is 88.4 Å². The molecule has 0 saturated heterocycles. The molecule has 3 aromatic heterocycles. The number of fused-ring (bicyclic) bond motifs is 1. The van der Waals surface area contributed by atoms with Crippen molar-refractivity contribution < 1.29 is 32.6 Å². The maximum atomic E-state index is 15.6. The van der Waals surface area contributed by atoms with Gasteiger partial charge in [0.1, 0.15) is 22.7 Å². The summed E-state index contributed by atoms with van der Waals surface area (Å²) in [5, 5.41) is 11.8. The lowest BCUT2D eigenvalue weighted by molar-refractivity contribution is 0.0514. The van der Waals surface area contributed by atoms with Crippen molar-refractivity contribution in [3.05, 3.63) is 113 Å². The molecule has 1 N–H and O–H groups in total. The number of nitrogens with one attached hydrogen (secondary N) is 1. The molecule has 0 unspecified atom stereocenters. The monoisotopic (exact) mass is 682 g/mol. The molecular weight excluding hydrogens is 650 g/mol. The highest BCUT2D eigenvalue weighted by molar-refractivity contribution is 6.04. The number of pyridine rings is 1. The Morgan fingerprint density at radius 3 is 2.36 bits per heavy atom. The maximum absolute atomic E-state index is 15.6. The van der Waals surface area contributed by atoms with Gasteiger partial charge in [-0.25, -0.2) is 18.1 Å². The van der Waals surface area contributed by atoms with Crippen LogP contribution >= 0.6 is 0 Å². The van der Waals surface area contributed by atoms with Crippen LogP contribution in [0.1, 0.15) is 38.1 Å². The summed E-state index contributed by atoms with van der Waals surface area (Å²) in [6.07, 6.45) is 3.96. The van der Waals surface area contributed by atoms with Gasteiger partial charge in [-0.3, -0.25) is 14.3 Å². The minimum atomic E-state index is -0.805. The number of hydrogen-bond acceptors (Lipinski definition) is 8. The molecular formula is C36H32F2N6O6. The van der Waals surface area contributed by atoms with Crippen LogP contribution in [0.4, 0.5) is 19.3 Å². The molecule has 50 heavy (non-hydrogen) atoms. The summed E-state index contributed by atoms with van der Waals surface area (Å²) in [5.74, 6) is -1.88. The first kappa shape index (κ1) is 33.6. The largest absolute Gasteiger partial charge is 0.482 e. The van der Waals surface area contributed by atoms with E-state index in [1.54, 1.807) is 37.7 Å². The van der Waals surface area contributed by atoms with Crippen molar-refractivity contribution in [3.63, 3.8) is 0 Å². The van der Waals surface area contributed by atoms with Crippen LogP contribution in [0, 0.1) is 11.6 Å². The number of aromatic nitrogens is 5. The summed E-state index contributed by atoms with van der Waals surface area (Å²) >= 11 is 0. The van der Waals surface area contributed by atoms with Crippen LogP contribution in [0.25, 0.3) is 27.7 Å². The summed E-state index contributed by atoms with van der Waals surface area (Å²) in [6, 6.07) is 15.2. The molecule has 0 saturated carbocycles. The van der Waals surface area contributed by atoms with Crippen molar-refractivity contribution >= 4 is 28.6 Å². The molecule has 6 aromatic rings. The zero-order valence-corrected chi connectivity index (χ0v) is 27.7. The third-order valence-electron chi connectivity index (χ3n) is 7.51. The molecule has 0 aliphatic rings. The van der Waals surface area contributed by atoms with E-state index in [1.165, 1.54) is 68.0 Å². The molecule has 3 heterocycles. The van der Waals surface area contributed by atoms with E-state index in [2.05, 4.69) is 15.5 Å². The summed E-state index contributed by atoms with van der Waals surface area (Å²) < 4.78 is 49.9. The molecule has 12 nitrogen and oxygen atoms in total. The van der Waals surface area contributed by atoms with Crippen LogP contribution in [0.2, 0.25) is 0 Å². The average molecular weight is 683 g/mol. The second kappa shape index (κ2) is 13.3. The highest BCUT2D eigenvalue weighted by atomic mass is 19.1. The number of carbonyl (C=O) groups excluding carboxylic acids is 2. The van der Waals surface area contributed by atoms with Crippen LogP contribution in [-0.2, 0) is 11.3 Å². The Hall–Kier alpha value is -6.31. The van der Waals surface area contributed by atoms with Gasteiger partial charge in [0.15, 0.2) is 11.6 Å². The number of carbonyl (C=O) groups is 2. The number of hydrogen-bond donors (Lipinski definition) is 1. The van der Waals surface area contributed by atoms with E-state index in [4.69, 9.17) is 14.2 Å². The number of anilines is 1. The van der Waals surface area contributed by atoms with E-state index >= 15 is 4.39 Å². The van der Waals surface area contributed by atoms with Crippen molar-refractivity contribution in [3.8, 4) is 34.2 Å². The van der Waals surface area contributed by atoms with Crippen LogP contribution < -0.4 is 20.3 Å². The van der Waals surface area contributed by atoms with E-state index in [0.29, 0.717) is 17.7 Å². The topological polar surface area (TPSA) is 131 Å². The molecule has 256 valence electrons. The number of amides is 1. The van der Waals surface area contributed by atoms with Crippen molar-refractivity contribution in [2.24, 2.45) is 0 Å². The van der Waals surface area contributed by atoms with E-state index in [0.717, 1.165) is 26.2 Å². The average Bonchev–Trinajstić information content (AvgIpc) is 3.72. The first-order valence-corrected chi connectivity index (χ1v) is 15.5. The Labute approximate surface area is 284 Å². The fraction of sp³-hybridized carbons (Fsp3) is 0.194. The molecule has 1 amide bonds. The van der Waals surface area contributed by atoms with Gasteiger partial charge >= 0.3 is 6.09 Å². The van der Waals surface area contributed by atoms with Crippen LogP contribution in [-0.4, -0.2) is 48.8 Å². The Morgan fingerprint density at radius 1 is 0.920 bits per heavy atom. The minimum Gasteiger partial charge on any atom is -0.482 e. The smallest absolute Gasteiger partial charge is 0.435 e. The van der Waals surface area contributed by atoms with Gasteiger partial charge in [0.05, 0.1) is 30.7 Å². The number of rotatable bonds is 8. The Kier molecular flexibility index (Phi) is 8.93. The number of methoxy groups -OCH3 is 1. The molecule has 6 rings (SSSR count). The summed E-state index contributed by atoms with van der Waals surface area (Å²) in [4.78, 5) is 39.2. The van der Waals surface area contributed by atoms with Gasteiger partial charge in [-0.1, -0.05) is 0 Å². The zero-order chi connectivity index (χ0) is 35.7. The molecule has 0 radical (unpaired) electrons. The number of nitrogens with zero attached hydrogens (tertiary/aromatic N) is 5. The molecule has 0 fully saturated rings. The van der Waals surface area contributed by atoms with Gasteiger partial charge in [0, 0.05) is 41.0 Å². The number of aryl methyl sites for hydroxylation is 1. The van der Waals surface area contributed by atoms with Crippen LogP contribution in [0.3, 0.4) is 0 Å². The lowest BCUT2D eigenvalue weighted by Crippen LogP contribution is -2.29. The maximum Gasteiger partial charge on any atom is 0.435 e. The molecule has 0 bridgehead atoms. The van der Waals surface area contributed by atoms with Crippen molar-refractivity contribution in [1.82, 2.24) is 24.1 Å². The predicted molar refractivity (Wildman–Crippen MR) is 181 cm³/mol. The van der Waals surface area contributed by atoms with Gasteiger partial charge in [0.25, 0.3) is 11.5 Å². The van der Waals surface area contributed by atoms with Gasteiger partial charge < -0.3 is 19.5 Å². The quantitative estimate of drug-likeness (QED) is 0.179. The van der Waals surface area contributed by atoms with E-state index < -0.39 is 34.8 Å². The second-order valence-electron chi connectivity index (χ2n) is 12.1. The lowest BCUT2D eigenvalue weighted by atomic mass is 10.1.